The normalized spacial score (nSPS) is 10.4. The second-order valence-electron chi connectivity index (χ2n) is 5.30. The molecule has 5 nitrogen and oxygen atoms in total. The number of thiazole rings is 1. The smallest absolute Gasteiger partial charge is 0.257 e. The number of hydrogen-bond donors (Lipinski definition) is 1. The van der Waals surface area contributed by atoms with Gasteiger partial charge in [-0.2, -0.15) is 0 Å². The van der Waals surface area contributed by atoms with Crippen LogP contribution < -0.4 is 14.8 Å². The van der Waals surface area contributed by atoms with Crippen LogP contribution in [0.5, 0.6) is 11.5 Å². The summed E-state index contributed by atoms with van der Waals surface area (Å²) in [6, 6.07) is 15.2. The molecule has 0 unspecified atom stereocenters. The minimum Gasteiger partial charge on any atom is -0.497 e. The molecule has 1 amide bonds. The fraction of sp³-hybridized carbons (Fsp3) is 0.158. The molecule has 0 radical (unpaired) electrons. The maximum Gasteiger partial charge on any atom is 0.257 e. The lowest BCUT2D eigenvalue weighted by Crippen LogP contribution is -2.12. The SMILES string of the molecule is COc1cc(OC)cc(C(=O)Nc2nc(CSc3ccccc3)cs2)c1. The number of nitrogens with zero attached hydrogens (tertiary/aromatic N) is 1. The van der Waals surface area contributed by atoms with Gasteiger partial charge in [-0.1, -0.05) is 18.2 Å². The van der Waals surface area contributed by atoms with Gasteiger partial charge in [0.15, 0.2) is 5.13 Å². The molecule has 1 N–H and O–H groups in total. The van der Waals surface area contributed by atoms with E-state index in [1.165, 1.54) is 16.2 Å². The van der Waals surface area contributed by atoms with Gasteiger partial charge in [-0.25, -0.2) is 4.98 Å². The van der Waals surface area contributed by atoms with Gasteiger partial charge in [0.1, 0.15) is 11.5 Å². The van der Waals surface area contributed by atoms with E-state index in [1.807, 2.05) is 23.6 Å². The Morgan fingerprint density at radius 2 is 1.81 bits per heavy atom. The van der Waals surface area contributed by atoms with E-state index in [-0.39, 0.29) is 5.91 Å². The Morgan fingerprint density at radius 3 is 2.46 bits per heavy atom. The van der Waals surface area contributed by atoms with Crippen LogP contribution in [-0.2, 0) is 5.75 Å². The van der Waals surface area contributed by atoms with E-state index >= 15 is 0 Å². The number of amides is 1. The number of ether oxygens (including phenoxy) is 2. The highest BCUT2D eigenvalue weighted by Gasteiger charge is 2.12. The van der Waals surface area contributed by atoms with Crippen LogP contribution in [0, 0.1) is 0 Å². The van der Waals surface area contributed by atoms with Crippen LogP contribution in [0.2, 0.25) is 0 Å². The molecular weight excluding hydrogens is 368 g/mol. The number of hydrogen-bond acceptors (Lipinski definition) is 6. The number of aromatic nitrogens is 1. The van der Waals surface area contributed by atoms with Crippen molar-refractivity contribution in [2.45, 2.75) is 10.6 Å². The Hall–Kier alpha value is -2.51. The second kappa shape index (κ2) is 8.73. The van der Waals surface area contributed by atoms with Gasteiger partial charge in [0.2, 0.25) is 0 Å². The molecule has 0 aliphatic heterocycles. The molecule has 0 spiro atoms. The highest BCUT2D eigenvalue weighted by molar-refractivity contribution is 7.98. The summed E-state index contributed by atoms with van der Waals surface area (Å²) in [4.78, 5) is 18.1. The Balaban J connectivity index is 1.64. The molecule has 26 heavy (non-hydrogen) atoms. The summed E-state index contributed by atoms with van der Waals surface area (Å²) in [5, 5.41) is 5.35. The van der Waals surface area contributed by atoms with E-state index in [2.05, 4.69) is 22.4 Å². The Morgan fingerprint density at radius 1 is 1.12 bits per heavy atom. The van der Waals surface area contributed by atoms with Gasteiger partial charge >= 0.3 is 0 Å². The molecule has 0 fully saturated rings. The Bertz CT molecular complexity index is 859. The van der Waals surface area contributed by atoms with Crippen molar-refractivity contribution in [3.05, 3.63) is 65.2 Å². The predicted molar refractivity (Wildman–Crippen MR) is 106 cm³/mol. The molecule has 1 heterocycles. The first-order chi connectivity index (χ1) is 12.7. The van der Waals surface area contributed by atoms with Gasteiger partial charge in [-0.05, 0) is 24.3 Å². The highest BCUT2D eigenvalue weighted by Crippen LogP contribution is 2.26. The maximum absolute atomic E-state index is 12.5. The average Bonchev–Trinajstić information content (AvgIpc) is 3.14. The molecule has 0 saturated carbocycles. The lowest BCUT2D eigenvalue weighted by Gasteiger charge is -2.08. The number of methoxy groups -OCH3 is 2. The van der Waals surface area contributed by atoms with Crippen molar-refractivity contribution < 1.29 is 14.3 Å². The first kappa shape index (κ1) is 18.3. The van der Waals surface area contributed by atoms with E-state index in [4.69, 9.17) is 9.47 Å². The van der Waals surface area contributed by atoms with Crippen molar-refractivity contribution in [3.63, 3.8) is 0 Å². The lowest BCUT2D eigenvalue weighted by atomic mass is 10.2. The molecule has 0 aliphatic rings. The first-order valence-electron chi connectivity index (χ1n) is 7.84. The summed E-state index contributed by atoms with van der Waals surface area (Å²) in [7, 11) is 3.10. The molecule has 134 valence electrons. The summed E-state index contributed by atoms with van der Waals surface area (Å²) < 4.78 is 10.4. The zero-order valence-electron chi connectivity index (χ0n) is 14.4. The summed E-state index contributed by atoms with van der Waals surface area (Å²) in [6.45, 7) is 0. The van der Waals surface area contributed by atoms with E-state index in [0.29, 0.717) is 22.2 Å². The standard InChI is InChI=1S/C19H18N2O3S2/c1-23-15-8-13(9-16(10-15)24-2)18(22)21-19-20-14(12-26-19)11-25-17-6-4-3-5-7-17/h3-10,12H,11H2,1-2H3,(H,20,21,22). The van der Waals surface area contributed by atoms with Gasteiger partial charge in [0.25, 0.3) is 5.91 Å². The van der Waals surface area contributed by atoms with E-state index in [9.17, 15) is 4.79 Å². The molecule has 7 heteroatoms. The zero-order chi connectivity index (χ0) is 18.4. The van der Waals surface area contributed by atoms with Crippen LogP contribution in [0.4, 0.5) is 5.13 Å². The van der Waals surface area contributed by atoms with Crippen LogP contribution in [-0.4, -0.2) is 25.1 Å². The topological polar surface area (TPSA) is 60.5 Å². The van der Waals surface area contributed by atoms with Crippen LogP contribution in [0.25, 0.3) is 0 Å². The van der Waals surface area contributed by atoms with Crippen molar-refractivity contribution in [1.29, 1.82) is 0 Å². The average molecular weight is 386 g/mol. The number of carbonyl (C=O) groups is 1. The lowest BCUT2D eigenvalue weighted by molar-refractivity contribution is 0.102. The van der Waals surface area contributed by atoms with E-state index < -0.39 is 0 Å². The third-order valence-corrected chi connectivity index (χ3v) is 5.37. The maximum atomic E-state index is 12.5. The quantitative estimate of drug-likeness (QED) is 0.596. The minimum absolute atomic E-state index is 0.251. The van der Waals surface area contributed by atoms with Crippen molar-refractivity contribution >= 4 is 34.1 Å². The third-order valence-electron chi connectivity index (χ3n) is 3.52. The molecule has 2 aromatic carbocycles. The summed E-state index contributed by atoms with van der Waals surface area (Å²) in [6.07, 6.45) is 0. The number of rotatable bonds is 7. The molecular formula is C19H18N2O3S2. The predicted octanol–water partition coefficient (Wildman–Crippen LogP) is 4.70. The van der Waals surface area contributed by atoms with Crippen molar-refractivity contribution in [2.24, 2.45) is 0 Å². The highest BCUT2D eigenvalue weighted by atomic mass is 32.2. The Labute approximate surface area is 160 Å². The number of thioether (sulfide) groups is 1. The summed E-state index contributed by atoms with van der Waals surface area (Å²) in [5.41, 5.74) is 1.39. The summed E-state index contributed by atoms with van der Waals surface area (Å²) in [5.74, 6) is 1.63. The summed E-state index contributed by atoms with van der Waals surface area (Å²) >= 11 is 3.12. The van der Waals surface area contributed by atoms with E-state index in [1.54, 1.807) is 44.2 Å². The Kier molecular flexibility index (Phi) is 6.14. The van der Waals surface area contributed by atoms with Crippen LogP contribution in [0.3, 0.4) is 0 Å². The fourth-order valence-corrected chi connectivity index (χ4v) is 3.84. The minimum atomic E-state index is -0.251. The monoisotopic (exact) mass is 386 g/mol. The van der Waals surface area contributed by atoms with Crippen molar-refractivity contribution in [2.75, 3.05) is 19.5 Å². The molecule has 3 aromatic rings. The van der Waals surface area contributed by atoms with Crippen LogP contribution in [0.1, 0.15) is 16.1 Å². The second-order valence-corrected chi connectivity index (χ2v) is 7.21. The van der Waals surface area contributed by atoms with Gasteiger partial charge in [-0.3, -0.25) is 10.1 Å². The van der Waals surface area contributed by atoms with Crippen LogP contribution >= 0.6 is 23.1 Å². The van der Waals surface area contributed by atoms with Gasteiger partial charge in [0, 0.05) is 27.7 Å². The molecule has 0 bridgehead atoms. The number of carbonyl (C=O) groups excluding carboxylic acids is 1. The first-order valence-corrected chi connectivity index (χ1v) is 9.71. The van der Waals surface area contributed by atoms with Gasteiger partial charge < -0.3 is 9.47 Å². The largest absolute Gasteiger partial charge is 0.497 e. The number of benzene rings is 2. The van der Waals surface area contributed by atoms with Gasteiger partial charge in [0.05, 0.1) is 19.9 Å². The third kappa shape index (κ3) is 4.77. The molecule has 3 rings (SSSR count). The molecule has 0 aliphatic carbocycles. The van der Waals surface area contributed by atoms with Crippen molar-refractivity contribution in [3.8, 4) is 11.5 Å². The molecule has 1 aromatic heterocycles. The fourth-order valence-electron chi connectivity index (χ4n) is 2.21. The zero-order valence-corrected chi connectivity index (χ0v) is 16.0. The van der Waals surface area contributed by atoms with Crippen molar-refractivity contribution in [1.82, 2.24) is 4.98 Å². The van der Waals surface area contributed by atoms with E-state index in [0.717, 1.165) is 11.4 Å². The van der Waals surface area contributed by atoms with Crippen LogP contribution in [0.15, 0.2) is 58.8 Å². The van der Waals surface area contributed by atoms with Gasteiger partial charge in [-0.15, -0.1) is 23.1 Å². The number of nitrogens with one attached hydrogen (secondary N) is 1. The molecule has 0 saturated heterocycles. The molecule has 0 atom stereocenters. The number of anilines is 1.